The summed E-state index contributed by atoms with van der Waals surface area (Å²) in [6.07, 6.45) is 72.2. The fourth-order valence-corrected chi connectivity index (χ4v) is 8.51. The SMILES string of the molecule is CC/C=C\C/C=C\C/C=C\CCCCCC(=O)OCC(COC(=O)CCCCCCCCCCC/C=C\CCCCCCCC)OC(=O)CCCCCCCCCCC/C=C\CCCCCCCC. The molecule has 6 heteroatoms. The van der Waals surface area contributed by atoms with Gasteiger partial charge in [-0.1, -0.05) is 242 Å². The molecule has 0 heterocycles. The van der Waals surface area contributed by atoms with Gasteiger partial charge >= 0.3 is 17.9 Å². The number of ether oxygens (including phenoxy) is 3. The van der Waals surface area contributed by atoms with Crippen molar-refractivity contribution in [3.05, 3.63) is 60.8 Å². The molecule has 0 aromatic carbocycles. The van der Waals surface area contributed by atoms with Crippen molar-refractivity contribution >= 4 is 17.9 Å². The molecule has 1 atom stereocenters. The van der Waals surface area contributed by atoms with Crippen LogP contribution in [0, 0.1) is 0 Å². The van der Waals surface area contributed by atoms with E-state index in [0.717, 1.165) is 83.5 Å². The monoisotopic (exact) mass is 965 g/mol. The summed E-state index contributed by atoms with van der Waals surface area (Å²) in [7, 11) is 0. The topological polar surface area (TPSA) is 78.9 Å². The zero-order chi connectivity index (χ0) is 50.0. The molecule has 1 unspecified atom stereocenters. The van der Waals surface area contributed by atoms with Gasteiger partial charge in [0, 0.05) is 19.3 Å². The molecule has 69 heavy (non-hydrogen) atoms. The van der Waals surface area contributed by atoms with Crippen LogP contribution in [0.15, 0.2) is 60.8 Å². The van der Waals surface area contributed by atoms with Crippen LogP contribution < -0.4 is 0 Å². The van der Waals surface area contributed by atoms with E-state index in [1.807, 2.05) is 0 Å². The molecule has 0 aromatic rings. The van der Waals surface area contributed by atoms with E-state index in [1.54, 1.807) is 0 Å². The van der Waals surface area contributed by atoms with Crippen molar-refractivity contribution in [2.75, 3.05) is 13.2 Å². The van der Waals surface area contributed by atoms with Gasteiger partial charge in [0.2, 0.25) is 0 Å². The van der Waals surface area contributed by atoms with Crippen LogP contribution in [0.2, 0.25) is 0 Å². The van der Waals surface area contributed by atoms with Crippen LogP contribution in [-0.4, -0.2) is 37.2 Å². The summed E-state index contributed by atoms with van der Waals surface area (Å²) in [6.45, 7) is 6.52. The van der Waals surface area contributed by atoms with Crippen LogP contribution >= 0.6 is 0 Å². The molecule has 0 aliphatic carbocycles. The molecule has 0 fully saturated rings. The highest BCUT2D eigenvalue weighted by molar-refractivity contribution is 5.71. The van der Waals surface area contributed by atoms with E-state index >= 15 is 0 Å². The molecule has 6 nitrogen and oxygen atoms in total. The Morgan fingerprint density at radius 3 is 0.913 bits per heavy atom. The van der Waals surface area contributed by atoms with Crippen LogP contribution in [-0.2, 0) is 28.6 Å². The molecule has 400 valence electrons. The van der Waals surface area contributed by atoms with Gasteiger partial charge in [0.25, 0.3) is 0 Å². The van der Waals surface area contributed by atoms with Gasteiger partial charge in [-0.2, -0.15) is 0 Å². The molecule has 0 spiro atoms. The highest BCUT2D eigenvalue weighted by Gasteiger charge is 2.19. The number of allylic oxidation sites excluding steroid dienone is 10. The third-order valence-electron chi connectivity index (χ3n) is 13.0. The molecule has 0 saturated carbocycles. The zero-order valence-electron chi connectivity index (χ0n) is 45.8. The van der Waals surface area contributed by atoms with E-state index in [9.17, 15) is 14.4 Å². The molecular formula is C63H112O6. The molecule has 0 aliphatic rings. The number of unbranched alkanes of at least 4 members (excludes halogenated alkanes) is 33. The van der Waals surface area contributed by atoms with Crippen molar-refractivity contribution in [2.24, 2.45) is 0 Å². The van der Waals surface area contributed by atoms with Gasteiger partial charge in [0.1, 0.15) is 13.2 Å². The van der Waals surface area contributed by atoms with Crippen molar-refractivity contribution < 1.29 is 28.6 Å². The lowest BCUT2D eigenvalue weighted by molar-refractivity contribution is -0.167. The maximum atomic E-state index is 12.9. The van der Waals surface area contributed by atoms with Gasteiger partial charge in [0.05, 0.1) is 0 Å². The summed E-state index contributed by atoms with van der Waals surface area (Å²) < 4.78 is 16.9. The first kappa shape index (κ1) is 66.1. The lowest BCUT2D eigenvalue weighted by atomic mass is 10.1. The number of hydrogen-bond donors (Lipinski definition) is 0. The first-order valence-corrected chi connectivity index (χ1v) is 29.8. The van der Waals surface area contributed by atoms with E-state index < -0.39 is 6.10 Å². The largest absolute Gasteiger partial charge is 0.462 e. The van der Waals surface area contributed by atoms with Crippen LogP contribution in [0.4, 0.5) is 0 Å². The zero-order valence-corrected chi connectivity index (χ0v) is 45.8. The fourth-order valence-electron chi connectivity index (χ4n) is 8.51. The molecule has 0 amide bonds. The number of carbonyl (C=O) groups is 3. The Kier molecular flexibility index (Phi) is 55.3. The lowest BCUT2D eigenvalue weighted by Gasteiger charge is -2.18. The van der Waals surface area contributed by atoms with Crippen molar-refractivity contribution in [1.29, 1.82) is 0 Å². The molecular weight excluding hydrogens is 853 g/mol. The highest BCUT2D eigenvalue weighted by Crippen LogP contribution is 2.16. The van der Waals surface area contributed by atoms with Crippen molar-refractivity contribution in [1.82, 2.24) is 0 Å². The maximum Gasteiger partial charge on any atom is 0.306 e. The van der Waals surface area contributed by atoms with Gasteiger partial charge in [-0.15, -0.1) is 0 Å². The molecule has 0 N–H and O–H groups in total. The molecule has 0 rings (SSSR count). The van der Waals surface area contributed by atoms with E-state index in [2.05, 4.69) is 81.5 Å². The number of rotatable bonds is 54. The first-order valence-electron chi connectivity index (χ1n) is 29.8. The standard InChI is InChI=1S/C63H112O6/c1-4-7-10-13-16-19-22-25-27-29-31-33-35-38-41-44-47-50-53-56-62(65)68-59-60(58-67-61(64)55-52-49-46-43-40-37-24-21-18-15-12-9-6-3)69-63(66)57-54-51-48-45-42-39-36-34-32-30-28-26-23-20-17-14-11-8-5-2/h9,12,18,21,25-28,37,40,60H,4-8,10-11,13-17,19-20,22-24,29-36,38-39,41-59H2,1-3H3/b12-9-,21-18-,27-25-,28-26-,40-37-. The quantitative estimate of drug-likeness (QED) is 0.0262. The fraction of sp³-hybridized carbons (Fsp3) is 0.794. The van der Waals surface area contributed by atoms with Gasteiger partial charge in [0.15, 0.2) is 6.10 Å². The third kappa shape index (κ3) is 55.9. The van der Waals surface area contributed by atoms with E-state index in [-0.39, 0.29) is 31.1 Å². The van der Waals surface area contributed by atoms with Crippen molar-refractivity contribution in [3.8, 4) is 0 Å². The molecule has 0 bridgehead atoms. The Hall–Kier alpha value is -2.89. The molecule has 0 aromatic heterocycles. The average Bonchev–Trinajstić information content (AvgIpc) is 3.35. The molecule has 0 saturated heterocycles. The minimum atomic E-state index is -0.788. The average molecular weight is 966 g/mol. The Balaban J connectivity index is 4.36. The van der Waals surface area contributed by atoms with Crippen molar-refractivity contribution in [2.45, 2.75) is 309 Å². The second-order valence-corrected chi connectivity index (χ2v) is 19.9. The summed E-state index contributed by atoms with van der Waals surface area (Å²) in [5, 5.41) is 0. The van der Waals surface area contributed by atoms with Crippen LogP contribution in [0.3, 0.4) is 0 Å². The van der Waals surface area contributed by atoms with Crippen LogP contribution in [0.1, 0.15) is 303 Å². The number of hydrogen-bond acceptors (Lipinski definition) is 6. The minimum Gasteiger partial charge on any atom is -0.462 e. The normalized spacial score (nSPS) is 12.4. The minimum absolute atomic E-state index is 0.0841. The van der Waals surface area contributed by atoms with Crippen molar-refractivity contribution in [3.63, 3.8) is 0 Å². The Morgan fingerprint density at radius 1 is 0.304 bits per heavy atom. The highest BCUT2D eigenvalue weighted by atomic mass is 16.6. The van der Waals surface area contributed by atoms with Gasteiger partial charge in [-0.05, 0) is 103 Å². The van der Waals surface area contributed by atoms with E-state index in [0.29, 0.717) is 19.3 Å². The number of carbonyl (C=O) groups excluding carboxylic acids is 3. The molecule has 0 aliphatic heterocycles. The summed E-state index contributed by atoms with van der Waals surface area (Å²) >= 11 is 0. The van der Waals surface area contributed by atoms with Gasteiger partial charge in [-0.3, -0.25) is 14.4 Å². The third-order valence-corrected chi connectivity index (χ3v) is 13.0. The first-order chi connectivity index (χ1) is 34.0. The summed E-state index contributed by atoms with van der Waals surface area (Å²) in [6, 6.07) is 0. The second kappa shape index (κ2) is 57.7. The van der Waals surface area contributed by atoms with E-state index in [1.165, 1.54) is 180 Å². The predicted octanol–water partition coefficient (Wildman–Crippen LogP) is 20.0. The van der Waals surface area contributed by atoms with E-state index in [4.69, 9.17) is 14.2 Å². The smallest absolute Gasteiger partial charge is 0.306 e. The summed E-state index contributed by atoms with van der Waals surface area (Å²) in [5.74, 6) is -0.907. The number of esters is 3. The Morgan fingerprint density at radius 2 is 0.565 bits per heavy atom. The van der Waals surface area contributed by atoms with Gasteiger partial charge in [-0.25, -0.2) is 0 Å². The molecule has 0 radical (unpaired) electrons. The Labute approximate surface area is 428 Å². The predicted molar refractivity (Wildman–Crippen MR) is 298 cm³/mol. The maximum absolute atomic E-state index is 12.9. The lowest BCUT2D eigenvalue weighted by Crippen LogP contribution is -2.30. The summed E-state index contributed by atoms with van der Waals surface area (Å²) in [5.41, 5.74) is 0. The van der Waals surface area contributed by atoms with Crippen LogP contribution in [0.25, 0.3) is 0 Å². The van der Waals surface area contributed by atoms with Crippen LogP contribution in [0.5, 0.6) is 0 Å². The van der Waals surface area contributed by atoms with Gasteiger partial charge < -0.3 is 14.2 Å². The summed E-state index contributed by atoms with van der Waals surface area (Å²) in [4.78, 5) is 38.2. The Bertz CT molecular complexity index is 1250. The second-order valence-electron chi connectivity index (χ2n) is 19.9.